The van der Waals surface area contributed by atoms with Crippen molar-refractivity contribution in [3.63, 3.8) is 0 Å². The molecule has 1 heterocycles. The largest absolute Gasteiger partial charge is 0.493 e. The fourth-order valence-corrected chi connectivity index (χ4v) is 2.95. The zero-order valence-corrected chi connectivity index (χ0v) is 18.0. The van der Waals surface area contributed by atoms with E-state index >= 15 is 0 Å². The molecule has 162 valence electrons. The average molecular weight is 427 g/mol. The number of carbonyl (C=O) groups excluding carboxylic acids is 3. The summed E-state index contributed by atoms with van der Waals surface area (Å²) >= 11 is 0. The molecule has 1 atom stereocenters. The minimum absolute atomic E-state index is 0. The van der Waals surface area contributed by atoms with E-state index in [9.17, 15) is 14.4 Å². The number of para-hydroxylation sites is 1. The summed E-state index contributed by atoms with van der Waals surface area (Å²) in [5, 5.41) is 2.59. The third kappa shape index (κ3) is 6.61. The van der Waals surface area contributed by atoms with Crippen molar-refractivity contribution in [3.05, 3.63) is 29.8 Å². The quantitative estimate of drug-likeness (QED) is 0.673. The first kappa shape index (κ1) is 24.7. The Bertz CT molecular complexity index is 705. The molecule has 9 heteroatoms. The monoisotopic (exact) mass is 426 g/mol. The van der Waals surface area contributed by atoms with Crippen molar-refractivity contribution in [1.29, 1.82) is 0 Å². The van der Waals surface area contributed by atoms with Crippen LogP contribution in [0.15, 0.2) is 24.3 Å². The van der Waals surface area contributed by atoms with Gasteiger partial charge in [0.15, 0.2) is 0 Å². The van der Waals surface area contributed by atoms with Gasteiger partial charge in [0.2, 0.25) is 11.8 Å². The van der Waals surface area contributed by atoms with E-state index < -0.39 is 6.04 Å². The Morgan fingerprint density at radius 1 is 1.10 bits per heavy atom. The van der Waals surface area contributed by atoms with E-state index in [4.69, 9.17) is 10.5 Å². The molecule has 1 fully saturated rings. The van der Waals surface area contributed by atoms with E-state index in [1.54, 1.807) is 28.0 Å². The molecule has 0 radical (unpaired) electrons. The first-order chi connectivity index (χ1) is 13.3. The Balaban J connectivity index is 0.00000420. The van der Waals surface area contributed by atoms with Gasteiger partial charge in [-0.2, -0.15) is 0 Å². The molecule has 0 aromatic heterocycles. The molecular formula is C20H31ClN4O4. The summed E-state index contributed by atoms with van der Waals surface area (Å²) in [6, 6.07) is 6.53. The van der Waals surface area contributed by atoms with Crippen molar-refractivity contribution >= 4 is 30.1 Å². The van der Waals surface area contributed by atoms with Gasteiger partial charge in [0.05, 0.1) is 24.8 Å². The van der Waals surface area contributed by atoms with Crippen molar-refractivity contribution in [2.24, 2.45) is 11.7 Å². The molecule has 0 spiro atoms. The van der Waals surface area contributed by atoms with E-state index in [1.807, 2.05) is 26.8 Å². The number of benzene rings is 1. The van der Waals surface area contributed by atoms with Crippen molar-refractivity contribution in [2.45, 2.75) is 26.8 Å². The van der Waals surface area contributed by atoms with Crippen LogP contribution in [0.1, 0.15) is 31.1 Å². The summed E-state index contributed by atoms with van der Waals surface area (Å²) in [7, 11) is 0. The highest BCUT2D eigenvalue weighted by Gasteiger charge is 2.27. The third-order valence-electron chi connectivity index (χ3n) is 4.77. The van der Waals surface area contributed by atoms with Crippen LogP contribution in [0, 0.1) is 5.92 Å². The molecule has 3 amide bonds. The Kier molecular flexibility index (Phi) is 9.91. The fourth-order valence-electron chi connectivity index (χ4n) is 2.95. The number of carbonyl (C=O) groups is 3. The van der Waals surface area contributed by atoms with Crippen LogP contribution >= 0.6 is 12.4 Å². The van der Waals surface area contributed by atoms with Gasteiger partial charge in [-0.1, -0.05) is 26.0 Å². The number of hydrogen-bond acceptors (Lipinski definition) is 5. The Hall–Kier alpha value is -2.32. The number of hydrogen-bond donors (Lipinski definition) is 2. The summed E-state index contributed by atoms with van der Waals surface area (Å²) in [5.41, 5.74) is 6.30. The van der Waals surface area contributed by atoms with Crippen molar-refractivity contribution in [2.75, 3.05) is 39.3 Å². The topological polar surface area (TPSA) is 105 Å². The van der Waals surface area contributed by atoms with Crippen LogP contribution < -0.4 is 15.8 Å². The molecule has 1 aliphatic heterocycles. The summed E-state index contributed by atoms with van der Waals surface area (Å²) < 4.78 is 5.54. The summed E-state index contributed by atoms with van der Waals surface area (Å²) in [6.07, 6.45) is 0. The lowest BCUT2D eigenvalue weighted by Gasteiger charge is -2.35. The van der Waals surface area contributed by atoms with Gasteiger partial charge in [-0.3, -0.25) is 14.4 Å². The van der Waals surface area contributed by atoms with Crippen LogP contribution in [0.25, 0.3) is 0 Å². The summed E-state index contributed by atoms with van der Waals surface area (Å²) in [6.45, 7) is 7.70. The van der Waals surface area contributed by atoms with Crippen LogP contribution in [-0.4, -0.2) is 72.9 Å². The molecule has 1 aliphatic rings. The number of nitrogens with one attached hydrogen (secondary N) is 1. The lowest BCUT2D eigenvalue weighted by Crippen LogP contribution is -2.53. The maximum atomic E-state index is 12.8. The SMILES string of the molecule is CCOc1ccccc1C(=O)N1CCN(C(=O)CNC(=O)[C@@H](N)C(C)C)CC1.Cl. The maximum Gasteiger partial charge on any atom is 0.257 e. The molecule has 0 saturated carbocycles. The summed E-state index contributed by atoms with van der Waals surface area (Å²) in [5.74, 6) is -0.0369. The smallest absolute Gasteiger partial charge is 0.257 e. The third-order valence-corrected chi connectivity index (χ3v) is 4.77. The Morgan fingerprint density at radius 2 is 1.69 bits per heavy atom. The van der Waals surface area contributed by atoms with Gasteiger partial charge in [-0.05, 0) is 25.0 Å². The normalized spacial score (nSPS) is 14.8. The van der Waals surface area contributed by atoms with Crippen LogP contribution in [-0.2, 0) is 9.59 Å². The zero-order chi connectivity index (χ0) is 20.7. The fraction of sp³-hybridized carbons (Fsp3) is 0.550. The molecule has 8 nitrogen and oxygen atoms in total. The van der Waals surface area contributed by atoms with Gasteiger partial charge in [0.25, 0.3) is 5.91 Å². The van der Waals surface area contributed by atoms with Gasteiger partial charge < -0.3 is 25.6 Å². The molecule has 1 aromatic carbocycles. The first-order valence-electron chi connectivity index (χ1n) is 9.67. The number of piperazine rings is 1. The predicted octanol–water partition coefficient (Wildman–Crippen LogP) is 0.891. The minimum Gasteiger partial charge on any atom is -0.493 e. The second-order valence-electron chi connectivity index (χ2n) is 7.09. The van der Waals surface area contributed by atoms with E-state index in [-0.39, 0.29) is 42.6 Å². The first-order valence-corrected chi connectivity index (χ1v) is 9.67. The van der Waals surface area contributed by atoms with E-state index in [2.05, 4.69) is 5.32 Å². The molecule has 1 aromatic rings. The molecule has 2 rings (SSSR count). The minimum atomic E-state index is -0.632. The second kappa shape index (κ2) is 11.6. The molecule has 1 saturated heterocycles. The lowest BCUT2D eigenvalue weighted by molar-refractivity contribution is -0.134. The highest BCUT2D eigenvalue weighted by atomic mass is 35.5. The van der Waals surface area contributed by atoms with Gasteiger partial charge in [0, 0.05) is 26.2 Å². The Morgan fingerprint density at radius 3 is 2.28 bits per heavy atom. The van der Waals surface area contributed by atoms with Crippen molar-refractivity contribution < 1.29 is 19.1 Å². The van der Waals surface area contributed by atoms with Crippen LogP contribution in [0.2, 0.25) is 0 Å². The Labute approximate surface area is 178 Å². The van der Waals surface area contributed by atoms with E-state index in [1.165, 1.54) is 0 Å². The highest BCUT2D eigenvalue weighted by Crippen LogP contribution is 2.20. The van der Waals surface area contributed by atoms with Crippen molar-refractivity contribution in [1.82, 2.24) is 15.1 Å². The molecule has 0 bridgehead atoms. The number of rotatable bonds is 7. The van der Waals surface area contributed by atoms with E-state index in [0.29, 0.717) is 44.1 Å². The standard InChI is InChI=1S/C20H30N4O4.ClH/c1-4-28-16-8-6-5-7-15(16)20(27)24-11-9-23(10-12-24)17(25)13-22-19(26)18(21)14(2)3;/h5-8,14,18H,4,9-13,21H2,1-3H3,(H,22,26);1H/t18-;/m0./s1. The number of nitrogens with zero attached hydrogens (tertiary/aromatic N) is 2. The van der Waals surface area contributed by atoms with Gasteiger partial charge in [0.1, 0.15) is 5.75 Å². The second-order valence-corrected chi connectivity index (χ2v) is 7.09. The predicted molar refractivity (Wildman–Crippen MR) is 113 cm³/mol. The van der Waals surface area contributed by atoms with Crippen LogP contribution in [0.5, 0.6) is 5.75 Å². The molecular weight excluding hydrogens is 396 g/mol. The number of ether oxygens (including phenoxy) is 1. The van der Waals surface area contributed by atoms with Gasteiger partial charge >= 0.3 is 0 Å². The molecule has 0 aliphatic carbocycles. The van der Waals surface area contributed by atoms with Crippen LogP contribution in [0.3, 0.4) is 0 Å². The van der Waals surface area contributed by atoms with Crippen LogP contribution in [0.4, 0.5) is 0 Å². The highest BCUT2D eigenvalue weighted by molar-refractivity contribution is 5.97. The molecule has 29 heavy (non-hydrogen) atoms. The summed E-state index contributed by atoms with van der Waals surface area (Å²) in [4.78, 5) is 40.4. The van der Waals surface area contributed by atoms with Gasteiger partial charge in [-0.25, -0.2) is 0 Å². The van der Waals surface area contributed by atoms with E-state index in [0.717, 1.165) is 0 Å². The van der Waals surface area contributed by atoms with Gasteiger partial charge in [-0.15, -0.1) is 12.4 Å². The van der Waals surface area contributed by atoms with Crippen molar-refractivity contribution in [3.8, 4) is 5.75 Å². The number of nitrogens with two attached hydrogens (primary N) is 1. The average Bonchev–Trinajstić information content (AvgIpc) is 2.71. The lowest BCUT2D eigenvalue weighted by atomic mass is 10.1. The molecule has 3 N–H and O–H groups in total. The zero-order valence-electron chi connectivity index (χ0n) is 17.2. The number of amides is 3. The maximum absolute atomic E-state index is 12.8. The number of halogens is 1. The molecule has 0 unspecified atom stereocenters.